The van der Waals surface area contributed by atoms with Gasteiger partial charge in [0.05, 0.1) is 17.6 Å². The van der Waals surface area contributed by atoms with Crippen molar-refractivity contribution in [2.24, 2.45) is 0 Å². The third kappa shape index (κ3) is 6.28. The van der Waals surface area contributed by atoms with E-state index in [1.54, 1.807) is 13.8 Å². The van der Waals surface area contributed by atoms with Crippen LogP contribution in [0.5, 0.6) is 0 Å². The molecule has 3 amide bonds. The topological polar surface area (TPSA) is 84.5 Å². The van der Waals surface area contributed by atoms with Crippen molar-refractivity contribution in [3.63, 3.8) is 0 Å². The molecule has 0 aliphatic carbocycles. The van der Waals surface area contributed by atoms with Crippen molar-refractivity contribution >= 4 is 29.7 Å². The Morgan fingerprint density at radius 3 is 2.50 bits per heavy atom. The molecule has 0 radical (unpaired) electrons. The quantitative estimate of drug-likeness (QED) is 0.675. The van der Waals surface area contributed by atoms with Gasteiger partial charge < -0.3 is 10.1 Å². The lowest BCUT2D eigenvalue weighted by molar-refractivity contribution is -0.139. The highest BCUT2D eigenvalue weighted by molar-refractivity contribution is 8.01. The monoisotopic (exact) mass is 248 g/mol. The van der Waals surface area contributed by atoms with E-state index in [0.29, 0.717) is 6.61 Å². The Bertz CT molecular complexity index is 270. The fraction of sp³-hybridized carbons (Fsp3) is 0.667. The summed E-state index contributed by atoms with van der Waals surface area (Å²) >= 11 is 1.12. The molecular formula is C9H16N2O4S. The smallest absolute Gasteiger partial charge is 0.321 e. The predicted octanol–water partition coefficient (Wildman–Crippen LogP) is 0.127. The molecule has 0 spiro atoms. The SMILES string of the molecule is CCOC(=O)CSC(C)C(=O)NC(=O)NC. The molecule has 7 heteroatoms. The van der Waals surface area contributed by atoms with Gasteiger partial charge in [-0.3, -0.25) is 14.9 Å². The third-order valence-corrected chi connectivity index (χ3v) is 2.71. The normalized spacial score (nSPS) is 11.4. The van der Waals surface area contributed by atoms with Crippen LogP contribution in [-0.2, 0) is 14.3 Å². The highest BCUT2D eigenvalue weighted by Gasteiger charge is 2.17. The minimum absolute atomic E-state index is 0.0934. The zero-order valence-electron chi connectivity index (χ0n) is 9.53. The Hall–Kier alpha value is -1.24. The lowest BCUT2D eigenvalue weighted by Crippen LogP contribution is -2.41. The number of ether oxygens (including phenoxy) is 1. The molecule has 0 rings (SSSR count). The number of esters is 1. The zero-order valence-corrected chi connectivity index (χ0v) is 10.3. The van der Waals surface area contributed by atoms with Crippen LogP contribution in [0, 0.1) is 0 Å². The summed E-state index contributed by atoms with van der Waals surface area (Å²) < 4.78 is 4.70. The Kier molecular flexibility index (Phi) is 7.36. The molecule has 0 saturated carbocycles. The van der Waals surface area contributed by atoms with Crippen molar-refractivity contribution in [3.05, 3.63) is 0 Å². The highest BCUT2D eigenvalue weighted by Crippen LogP contribution is 2.10. The number of hydrogen-bond donors (Lipinski definition) is 2. The van der Waals surface area contributed by atoms with Gasteiger partial charge in [0.1, 0.15) is 0 Å². The Morgan fingerprint density at radius 2 is 2.00 bits per heavy atom. The molecule has 1 atom stereocenters. The summed E-state index contributed by atoms with van der Waals surface area (Å²) in [6.45, 7) is 3.64. The van der Waals surface area contributed by atoms with Gasteiger partial charge in [0, 0.05) is 7.05 Å². The second-order valence-electron chi connectivity index (χ2n) is 2.83. The number of carbonyl (C=O) groups is 3. The number of hydrogen-bond acceptors (Lipinski definition) is 5. The van der Waals surface area contributed by atoms with Gasteiger partial charge in [0.2, 0.25) is 5.91 Å². The summed E-state index contributed by atoms with van der Waals surface area (Å²) in [7, 11) is 1.42. The minimum atomic E-state index is -0.561. The fourth-order valence-electron chi connectivity index (χ4n) is 0.747. The van der Waals surface area contributed by atoms with Gasteiger partial charge in [-0.1, -0.05) is 0 Å². The van der Waals surface area contributed by atoms with E-state index in [2.05, 4.69) is 10.6 Å². The third-order valence-electron chi connectivity index (χ3n) is 1.59. The molecule has 0 aliphatic heterocycles. The fourth-order valence-corrected chi connectivity index (χ4v) is 1.43. The minimum Gasteiger partial charge on any atom is -0.465 e. The first-order valence-electron chi connectivity index (χ1n) is 4.81. The summed E-state index contributed by atoms with van der Waals surface area (Å²) in [5.74, 6) is -0.711. The maximum Gasteiger partial charge on any atom is 0.321 e. The van der Waals surface area contributed by atoms with E-state index in [-0.39, 0.29) is 11.7 Å². The maximum atomic E-state index is 11.3. The van der Waals surface area contributed by atoms with Gasteiger partial charge in [-0.05, 0) is 13.8 Å². The molecule has 16 heavy (non-hydrogen) atoms. The number of urea groups is 1. The van der Waals surface area contributed by atoms with Crippen molar-refractivity contribution in [2.75, 3.05) is 19.4 Å². The van der Waals surface area contributed by atoms with Crippen molar-refractivity contribution < 1.29 is 19.1 Å². The van der Waals surface area contributed by atoms with Crippen molar-refractivity contribution in [1.29, 1.82) is 0 Å². The van der Waals surface area contributed by atoms with Crippen LogP contribution in [0.1, 0.15) is 13.8 Å². The van der Waals surface area contributed by atoms with Gasteiger partial charge in [-0.15, -0.1) is 11.8 Å². The van der Waals surface area contributed by atoms with Crippen LogP contribution < -0.4 is 10.6 Å². The standard InChI is InChI=1S/C9H16N2O4S/c1-4-15-7(12)5-16-6(2)8(13)11-9(14)10-3/h6H,4-5H2,1-3H3,(H2,10,11,13,14). The van der Waals surface area contributed by atoms with Crippen LogP contribution in [-0.4, -0.2) is 42.6 Å². The molecule has 0 saturated heterocycles. The second-order valence-corrected chi connectivity index (χ2v) is 4.16. The number of amides is 3. The van der Waals surface area contributed by atoms with Crippen LogP contribution in [0.4, 0.5) is 4.79 Å². The van der Waals surface area contributed by atoms with Crippen molar-refractivity contribution in [3.8, 4) is 0 Å². The molecule has 0 aromatic carbocycles. The van der Waals surface area contributed by atoms with Gasteiger partial charge in [-0.2, -0.15) is 0 Å². The molecular weight excluding hydrogens is 232 g/mol. The summed E-state index contributed by atoms with van der Waals surface area (Å²) in [6, 6.07) is -0.561. The first kappa shape index (κ1) is 14.8. The lowest BCUT2D eigenvalue weighted by atomic mass is 10.4. The lowest BCUT2D eigenvalue weighted by Gasteiger charge is -2.10. The van der Waals surface area contributed by atoms with E-state index in [1.807, 2.05) is 0 Å². The van der Waals surface area contributed by atoms with E-state index >= 15 is 0 Å². The molecule has 92 valence electrons. The van der Waals surface area contributed by atoms with Crippen LogP contribution in [0.2, 0.25) is 0 Å². The number of imide groups is 1. The van der Waals surface area contributed by atoms with Crippen molar-refractivity contribution in [2.45, 2.75) is 19.1 Å². The Morgan fingerprint density at radius 1 is 1.38 bits per heavy atom. The first-order chi connectivity index (χ1) is 7.51. The predicted molar refractivity (Wildman–Crippen MR) is 61.2 cm³/mol. The number of carbonyl (C=O) groups excluding carboxylic acids is 3. The van der Waals surface area contributed by atoms with E-state index in [4.69, 9.17) is 4.74 Å². The molecule has 0 fully saturated rings. The van der Waals surface area contributed by atoms with Gasteiger partial charge in [0.15, 0.2) is 0 Å². The number of nitrogens with one attached hydrogen (secondary N) is 2. The molecule has 0 aliphatic rings. The largest absolute Gasteiger partial charge is 0.465 e. The second kappa shape index (κ2) is 7.98. The molecule has 1 unspecified atom stereocenters. The number of rotatable bonds is 5. The summed E-state index contributed by atoms with van der Waals surface area (Å²) in [5.41, 5.74) is 0. The Balaban J connectivity index is 3.87. The molecule has 0 heterocycles. The van der Waals surface area contributed by atoms with E-state index in [9.17, 15) is 14.4 Å². The molecule has 6 nitrogen and oxygen atoms in total. The van der Waals surface area contributed by atoms with Crippen LogP contribution >= 0.6 is 11.8 Å². The van der Waals surface area contributed by atoms with Crippen LogP contribution in [0.3, 0.4) is 0 Å². The molecule has 0 aromatic rings. The van der Waals surface area contributed by atoms with Gasteiger partial charge in [0.25, 0.3) is 0 Å². The summed E-state index contributed by atoms with van der Waals surface area (Å²) in [4.78, 5) is 33.2. The average molecular weight is 248 g/mol. The zero-order chi connectivity index (χ0) is 12.6. The first-order valence-corrected chi connectivity index (χ1v) is 5.85. The molecule has 0 bridgehead atoms. The summed E-state index contributed by atoms with van der Waals surface area (Å²) in [5, 5.41) is 3.90. The maximum absolute atomic E-state index is 11.3. The molecule has 2 N–H and O–H groups in total. The van der Waals surface area contributed by atoms with Crippen LogP contribution in [0.25, 0.3) is 0 Å². The van der Waals surface area contributed by atoms with E-state index in [0.717, 1.165) is 11.8 Å². The molecule has 0 aromatic heterocycles. The average Bonchev–Trinajstić information content (AvgIpc) is 2.25. The number of thioether (sulfide) groups is 1. The highest BCUT2D eigenvalue weighted by atomic mass is 32.2. The van der Waals surface area contributed by atoms with Gasteiger partial charge in [-0.25, -0.2) is 4.79 Å². The summed E-state index contributed by atoms with van der Waals surface area (Å²) in [6.07, 6.45) is 0. The van der Waals surface area contributed by atoms with Gasteiger partial charge >= 0.3 is 12.0 Å². The van der Waals surface area contributed by atoms with Crippen LogP contribution in [0.15, 0.2) is 0 Å². The van der Waals surface area contributed by atoms with Crippen molar-refractivity contribution in [1.82, 2.24) is 10.6 Å². The Labute approximate surface area is 98.5 Å². The van der Waals surface area contributed by atoms with E-state index < -0.39 is 17.2 Å². The van der Waals surface area contributed by atoms with E-state index in [1.165, 1.54) is 7.05 Å².